The molecule has 6 nitrogen and oxygen atoms in total. The lowest BCUT2D eigenvalue weighted by atomic mass is 10.1. The third kappa shape index (κ3) is 7.54. The zero-order chi connectivity index (χ0) is 21.3. The fourth-order valence-electron chi connectivity index (χ4n) is 3.27. The Bertz CT molecular complexity index is 1020. The second-order valence-electron chi connectivity index (χ2n) is 7.07. The predicted molar refractivity (Wildman–Crippen MR) is 136 cm³/mol. The minimum atomic E-state index is -0.230. The molecule has 1 heterocycles. The third-order valence-corrected chi connectivity index (χ3v) is 4.71. The van der Waals surface area contributed by atoms with Gasteiger partial charge in [-0.25, -0.2) is 4.39 Å². The highest BCUT2D eigenvalue weighted by atomic mass is 127. The van der Waals surface area contributed by atoms with Gasteiger partial charge in [-0.3, -0.25) is 9.79 Å². The molecular formula is C23H29FIN5O. The third-order valence-electron chi connectivity index (χ3n) is 4.71. The first-order chi connectivity index (χ1) is 14.5. The molecule has 166 valence electrons. The number of carbonyl (C=O) groups is 1. The van der Waals surface area contributed by atoms with E-state index in [2.05, 4.69) is 25.9 Å². The Hall–Kier alpha value is -2.62. The van der Waals surface area contributed by atoms with Gasteiger partial charge < -0.3 is 20.9 Å². The van der Waals surface area contributed by atoms with E-state index in [0.29, 0.717) is 6.54 Å². The largest absolute Gasteiger partial charge is 0.361 e. The number of halogens is 2. The molecule has 0 atom stereocenters. The Morgan fingerprint density at radius 1 is 1.10 bits per heavy atom. The first kappa shape index (κ1) is 24.6. The summed E-state index contributed by atoms with van der Waals surface area (Å²) in [6.45, 7) is 5.64. The minimum absolute atomic E-state index is 0. The Morgan fingerprint density at radius 3 is 2.58 bits per heavy atom. The van der Waals surface area contributed by atoms with Gasteiger partial charge in [0, 0.05) is 49.3 Å². The van der Waals surface area contributed by atoms with Crippen molar-refractivity contribution in [1.82, 2.24) is 15.6 Å². The van der Waals surface area contributed by atoms with E-state index < -0.39 is 0 Å². The lowest BCUT2D eigenvalue weighted by Gasteiger charge is -2.11. The molecular weight excluding hydrogens is 508 g/mol. The highest BCUT2D eigenvalue weighted by Crippen LogP contribution is 2.19. The lowest BCUT2D eigenvalue weighted by Crippen LogP contribution is -2.38. The van der Waals surface area contributed by atoms with Gasteiger partial charge in [0.05, 0.1) is 0 Å². The van der Waals surface area contributed by atoms with Crippen molar-refractivity contribution in [3.63, 3.8) is 0 Å². The number of anilines is 1. The number of carbonyl (C=O) groups excluding carboxylic acids is 1. The molecule has 0 spiro atoms. The SMILES string of the molecule is CCNC(=NCCc1c[nH]c2ccc(F)cc12)NCCc1ccc(NC(C)=O)cc1.I. The summed E-state index contributed by atoms with van der Waals surface area (Å²) in [5.41, 5.74) is 3.97. The normalized spacial score (nSPS) is 11.1. The molecule has 3 rings (SSSR count). The van der Waals surface area contributed by atoms with E-state index >= 15 is 0 Å². The van der Waals surface area contributed by atoms with Crippen molar-refractivity contribution in [3.8, 4) is 0 Å². The number of aromatic nitrogens is 1. The Morgan fingerprint density at radius 2 is 1.87 bits per heavy atom. The Kier molecular flexibility index (Phi) is 9.77. The number of amides is 1. The summed E-state index contributed by atoms with van der Waals surface area (Å²) >= 11 is 0. The molecule has 0 unspecified atom stereocenters. The van der Waals surface area contributed by atoms with E-state index in [1.54, 1.807) is 12.1 Å². The number of nitrogens with zero attached hydrogens (tertiary/aromatic N) is 1. The van der Waals surface area contributed by atoms with E-state index in [4.69, 9.17) is 0 Å². The highest BCUT2D eigenvalue weighted by Gasteiger charge is 2.05. The van der Waals surface area contributed by atoms with Crippen molar-refractivity contribution in [1.29, 1.82) is 0 Å². The van der Waals surface area contributed by atoms with Crippen LogP contribution in [0.25, 0.3) is 10.9 Å². The van der Waals surface area contributed by atoms with Gasteiger partial charge in [-0.05, 0) is 61.2 Å². The van der Waals surface area contributed by atoms with Crippen LogP contribution < -0.4 is 16.0 Å². The van der Waals surface area contributed by atoms with Gasteiger partial charge in [0.1, 0.15) is 5.82 Å². The molecule has 0 radical (unpaired) electrons. The number of hydrogen-bond acceptors (Lipinski definition) is 2. The zero-order valence-corrected chi connectivity index (χ0v) is 20.1. The van der Waals surface area contributed by atoms with E-state index in [0.717, 1.165) is 54.0 Å². The summed E-state index contributed by atoms with van der Waals surface area (Å²) in [7, 11) is 0. The molecule has 0 bridgehead atoms. The van der Waals surface area contributed by atoms with Crippen molar-refractivity contribution in [2.75, 3.05) is 25.0 Å². The number of aromatic amines is 1. The molecule has 31 heavy (non-hydrogen) atoms. The van der Waals surface area contributed by atoms with Crippen LogP contribution in [0.3, 0.4) is 0 Å². The number of fused-ring (bicyclic) bond motifs is 1. The second kappa shape index (κ2) is 12.3. The number of benzene rings is 2. The first-order valence-corrected chi connectivity index (χ1v) is 10.2. The van der Waals surface area contributed by atoms with Gasteiger partial charge >= 0.3 is 0 Å². The molecule has 0 saturated carbocycles. The van der Waals surface area contributed by atoms with Crippen molar-refractivity contribution >= 4 is 52.4 Å². The molecule has 0 aliphatic heterocycles. The fourth-order valence-corrected chi connectivity index (χ4v) is 3.27. The average Bonchev–Trinajstić information content (AvgIpc) is 3.11. The fraction of sp³-hybridized carbons (Fsp3) is 0.304. The van der Waals surface area contributed by atoms with E-state index in [-0.39, 0.29) is 35.7 Å². The van der Waals surface area contributed by atoms with Crippen LogP contribution in [0.2, 0.25) is 0 Å². The molecule has 3 aromatic rings. The first-order valence-electron chi connectivity index (χ1n) is 10.2. The number of aliphatic imine (C=N–C) groups is 1. The number of rotatable bonds is 8. The summed E-state index contributed by atoms with van der Waals surface area (Å²) in [6.07, 6.45) is 3.49. The molecule has 2 aromatic carbocycles. The molecule has 4 N–H and O–H groups in total. The standard InChI is InChI=1S/C23H28FN5O.HI/c1-3-25-23(26-12-10-17-4-7-20(8-5-17)29-16(2)30)27-13-11-18-15-28-22-9-6-19(24)14-21(18)22;/h4-9,14-15,28H,3,10-13H2,1-2H3,(H,29,30)(H2,25,26,27);1H. The zero-order valence-electron chi connectivity index (χ0n) is 17.8. The summed E-state index contributed by atoms with van der Waals surface area (Å²) < 4.78 is 13.5. The van der Waals surface area contributed by atoms with Crippen molar-refractivity contribution in [2.45, 2.75) is 26.7 Å². The van der Waals surface area contributed by atoms with Gasteiger partial charge in [-0.1, -0.05) is 12.1 Å². The van der Waals surface area contributed by atoms with Crippen LogP contribution in [0.1, 0.15) is 25.0 Å². The lowest BCUT2D eigenvalue weighted by molar-refractivity contribution is -0.114. The average molecular weight is 537 g/mol. The van der Waals surface area contributed by atoms with E-state index in [1.807, 2.05) is 37.4 Å². The Labute approximate surface area is 199 Å². The molecule has 8 heteroatoms. The van der Waals surface area contributed by atoms with E-state index in [9.17, 15) is 9.18 Å². The van der Waals surface area contributed by atoms with Crippen molar-refractivity contribution in [2.24, 2.45) is 4.99 Å². The topological polar surface area (TPSA) is 81.3 Å². The maximum atomic E-state index is 13.5. The summed E-state index contributed by atoms with van der Waals surface area (Å²) in [4.78, 5) is 18.9. The van der Waals surface area contributed by atoms with Crippen LogP contribution in [0.15, 0.2) is 53.7 Å². The quantitative estimate of drug-likeness (QED) is 0.197. The van der Waals surface area contributed by atoms with Crippen LogP contribution in [0, 0.1) is 5.82 Å². The van der Waals surface area contributed by atoms with Gasteiger partial charge in [0.15, 0.2) is 5.96 Å². The number of guanidine groups is 1. The predicted octanol–water partition coefficient (Wildman–Crippen LogP) is 4.22. The Balaban J connectivity index is 0.00000341. The summed E-state index contributed by atoms with van der Waals surface area (Å²) in [5.74, 6) is 0.457. The van der Waals surface area contributed by atoms with Crippen LogP contribution in [0.5, 0.6) is 0 Å². The summed E-state index contributed by atoms with van der Waals surface area (Å²) in [5, 5.41) is 10.3. The number of H-pyrrole nitrogens is 1. The van der Waals surface area contributed by atoms with Gasteiger partial charge in [0.25, 0.3) is 0 Å². The highest BCUT2D eigenvalue weighted by molar-refractivity contribution is 14.0. The number of nitrogens with one attached hydrogen (secondary N) is 4. The molecule has 1 aromatic heterocycles. The van der Waals surface area contributed by atoms with Gasteiger partial charge in [0.2, 0.25) is 5.91 Å². The van der Waals surface area contributed by atoms with Crippen LogP contribution >= 0.6 is 24.0 Å². The maximum Gasteiger partial charge on any atom is 0.221 e. The molecule has 0 aliphatic rings. The van der Waals surface area contributed by atoms with Crippen molar-refractivity contribution < 1.29 is 9.18 Å². The van der Waals surface area contributed by atoms with Crippen LogP contribution in [-0.2, 0) is 17.6 Å². The molecule has 1 amide bonds. The summed E-state index contributed by atoms with van der Waals surface area (Å²) in [6, 6.07) is 12.6. The van der Waals surface area contributed by atoms with Crippen LogP contribution in [0.4, 0.5) is 10.1 Å². The minimum Gasteiger partial charge on any atom is -0.361 e. The van der Waals surface area contributed by atoms with Crippen molar-refractivity contribution in [3.05, 3.63) is 65.6 Å². The monoisotopic (exact) mass is 537 g/mol. The molecule has 0 fully saturated rings. The maximum absolute atomic E-state index is 13.5. The molecule has 0 aliphatic carbocycles. The van der Waals surface area contributed by atoms with E-state index in [1.165, 1.54) is 18.6 Å². The van der Waals surface area contributed by atoms with Crippen LogP contribution in [-0.4, -0.2) is 36.5 Å². The van der Waals surface area contributed by atoms with Gasteiger partial charge in [-0.15, -0.1) is 24.0 Å². The number of hydrogen-bond donors (Lipinski definition) is 4. The second-order valence-corrected chi connectivity index (χ2v) is 7.07. The smallest absolute Gasteiger partial charge is 0.221 e. The molecule has 0 saturated heterocycles. The van der Waals surface area contributed by atoms with Gasteiger partial charge in [-0.2, -0.15) is 0 Å².